The van der Waals surface area contributed by atoms with E-state index in [0.29, 0.717) is 12.2 Å². The molecule has 0 spiro atoms. The van der Waals surface area contributed by atoms with Crippen LogP contribution in [-0.4, -0.2) is 191 Å². The highest BCUT2D eigenvalue weighted by Gasteiger charge is 2.64. The van der Waals surface area contributed by atoms with Crippen molar-refractivity contribution in [3.63, 3.8) is 0 Å². The zero-order valence-electron chi connectivity index (χ0n) is 33.3. The second-order valence-corrected chi connectivity index (χ2v) is 15.4. The molecule has 0 unspecified atom stereocenters. The van der Waals surface area contributed by atoms with Crippen LogP contribution in [0.25, 0.3) is 12.2 Å². The molecule has 65 heavy (non-hydrogen) atoms. The number of ether oxygens (including phenoxy) is 2. The predicted molar refractivity (Wildman–Crippen MR) is 214 cm³/mol. The number of ketones is 5. The largest absolute Gasteiger partial charge is 0.508 e. The van der Waals surface area contributed by atoms with E-state index in [2.05, 4.69) is 0 Å². The molecule has 2 fully saturated rings. The predicted octanol–water partition coefficient (Wildman–Crippen LogP) is -3.79. The Morgan fingerprint density at radius 1 is 0.538 bits per heavy atom. The number of allylic oxidation sites excluding steroid dienone is 6. The van der Waals surface area contributed by atoms with Crippen LogP contribution in [0, 0.1) is 0 Å². The Morgan fingerprint density at radius 3 is 1.34 bits per heavy atom. The number of hydrogen-bond acceptors (Lipinski definition) is 22. The lowest BCUT2D eigenvalue weighted by Gasteiger charge is -2.47. The van der Waals surface area contributed by atoms with Crippen LogP contribution in [-0.2, 0) is 33.4 Å². The monoisotopic (exact) mass is 910 g/mol. The number of carbonyl (C=O) groups is 5. The van der Waals surface area contributed by atoms with Gasteiger partial charge in [0.1, 0.15) is 101 Å². The maximum Gasteiger partial charge on any atom is 0.214 e. The minimum absolute atomic E-state index is 0.0686. The van der Waals surface area contributed by atoms with Crippen LogP contribution in [0.2, 0.25) is 0 Å². The highest BCUT2D eigenvalue weighted by atomic mass is 16.6. The molecule has 2 heterocycles. The zero-order valence-corrected chi connectivity index (χ0v) is 33.3. The fraction of sp³-hybridized carbons (Fsp3) is 0.326. The molecule has 2 aliphatic carbocycles. The molecular formula is C43H42O22. The van der Waals surface area contributed by atoms with Gasteiger partial charge in [-0.2, -0.15) is 0 Å². The van der Waals surface area contributed by atoms with Crippen molar-refractivity contribution in [1.29, 1.82) is 0 Å². The smallest absolute Gasteiger partial charge is 0.214 e. The Morgan fingerprint density at radius 2 is 0.923 bits per heavy atom. The van der Waals surface area contributed by atoms with Crippen LogP contribution >= 0.6 is 0 Å². The minimum atomic E-state index is -3.89. The van der Waals surface area contributed by atoms with E-state index in [1.807, 2.05) is 0 Å². The molecule has 0 saturated carbocycles. The minimum Gasteiger partial charge on any atom is -0.508 e. The summed E-state index contributed by atoms with van der Waals surface area (Å²) in [6.45, 7) is -2.32. The van der Waals surface area contributed by atoms with E-state index in [0.717, 1.165) is 12.2 Å². The standard InChI is InChI=1S/C43H42O22/c44-14-24-30(52)32(54)34(56)40(64-24)42(62)36(58)20(28(50)26(38(42)60)22(48)11-5-16-1-7-18(46)8-2-16)13-21-29(51)27(23(49)12-6-17-3-9-19(47)10-4-17)39(61)43(63,37(21)59)41-35(57)33(55)31(53)25(15-45)65-41/h1-13,24-25,30-35,40-41,44-47,52-58,60-63H,14-15H2/b11-5+,12-6+,21-13-/t24-,25+,30+,31+,32+,33-,34-,35+,40-,41+,42-,43+/m0/s1. The summed E-state index contributed by atoms with van der Waals surface area (Å²) in [6, 6.07) is 9.97. The van der Waals surface area contributed by atoms with Crippen LogP contribution in [0.3, 0.4) is 0 Å². The van der Waals surface area contributed by atoms with E-state index in [4.69, 9.17) is 9.47 Å². The third-order valence-corrected chi connectivity index (χ3v) is 11.4. The Hall–Kier alpha value is -6.25. The van der Waals surface area contributed by atoms with E-state index >= 15 is 0 Å². The molecule has 2 saturated heterocycles. The number of aliphatic hydroxyl groups is 13. The van der Waals surface area contributed by atoms with E-state index in [9.17, 15) is 101 Å². The van der Waals surface area contributed by atoms with Crippen LogP contribution in [0.5, 0.6) is 11.5 Å². The van der Waals surface area contributed by atoms with Crippen LogP contribution in [0.1, 0.15) is 11.1 Å². The summed E-state index contributed by atoms with van der Waals surface area (Å²) in [5.74, 6) is -14.7. The summed E-state index contributed by atoms with van der Waals surface area (Å²) in [5, 5.41) is 162. The number of hydrogen-bond donors (Lipinski definition) is 15. The third kappa shape index (κ3) is 8.22. The highest BCUT2D eigenvalue weighted by molar-refractivity contribution is 6.42. The number of aliphatic hydroxyl groups excluding tert-OH is 11. The van der Waals surface area contributed by atoms with Crippen molar-refractivity contribution in [2.24, 2.45) is 0 Å². The zero-order chi connectivity index (χ0) is 48.0. The number of benzene rings is 2. The molecule has 346 valence electrons. The van der Waals surface area contributed by atoms with Crippen LogP contribution in [0.4, 0.5) is 0 Å². The van der Waals surface area contributed by atoms with Crippen molar-refractivity contribution >= 4 is 41.1 Å². The van der Waals surface area contributed by atoms with Gasteiger partial charge in [-0.15, -0.1) is 0 Å². The van der Waals surface area contributed by atoms with Gasteiger partial charge in [0.25, 0.3) is 0 Å². The van der Waals surface area contributed by atoms with Gasteiger partial charge in [-0.3, -0.25) is 24.0 Å². The molecule has 22 heteroatoms. The van der Waals surface area contributed by atoms with E-state index in [1.54, 1.807) is 0 Å². The molecule has 0 radical (unpaired) electrons. The summed E-state index contributed by atoms with van der Waals surface area (Å²) in [5.41, 5.74) is -13.4. The lowest BCUT2D eigenvalue weighted by Crippen LogP contribution is -2.69. The first-order valence-corrected chi connectivity index (χ1v) is 19.3. The summed E-state index contributed by atoms with van der Waals surface area (Å²) < 4.78 is 10.7. The molecular weight excluding hydrogens is 868 g/mol. The summed E-state index contributed by atoms with van der Waals surface area (Å²) in [4.78, 5) is 70.9. The SMILES string of the molecule is O=C(/C=C/c1ccc(O)cc1)C1=C(O)[C@@](O)([C@@H]2O[C@H](CO)[C@@H](O)[C@H](O)[C@H]2O)C(=O)/C(=C\C2=C(O)[C@@](O)([C@H]3O[C@@H](CO)[C@@H](O)[C@@H](O)[C@@H]3O)C(O)=C(C(=O)/C=C/c3ccc(O)cc3)C2=O)C1=O. The number of Topliss-reactive ketones (excluding diaryl/α,β-unsaturated/α-hetero) is 3. The van der Waals surface area contributed by atoms with Crippen molar-refractivity contribution in [1.82, 2.24) is 0 Å². The van der Waals surface area contributed by atoms with Gasteiger partial charge >= 0.3 is 0 Å². The van der Waals surface area contributed by atoms with Gasteiger partial charge in [0.15, 0.2) is 11.6 Å². The average molecular weight is 911 g/mol. The Bertz CT molecular complexity index is 2460. The molecule has 2 aliphatic heterocycles. The van der Waals surface area contributed by atoms with E-state index in [-0.39, 0.29) is 28.7 Å². The fourth-order valence-electron chi connectivity index (χ4n) is 7.68. The first-order valence-electron chi connectivity index (χ1n) is 19.3. The van der Waals surface area contributed by atoms with Gasteiger partial charge in [-0.1, -0.05) is 36.4 Å². The molecule has 4 aliphatic rings. The summed E-state index contributed by atoms with van der Waals surface area (Å²) in [7, 11) is 0. The maximum absolute atomic E-state index is 14.5. The quantitative estimate of drug-likeness (QED) is 0.0759. The Kier molecular flexibility index (Phi) is 13.6. The van der Waals surface area contributed by atoms with Gasteiger partial charge in [-0.25, -0.2) is 0 Å². The molecule has 0 bridgehead atoms. The second kappa shape index (κ2) is 18.3. The summed E-state index contributed by atoms with van der Waals surface area (Å²) in [6.07, 6.45) is -19.9. The van der Waals surface area contributed by atoms with Crippen molar-refractivity contribution in [3.8, 4) is 11.5 Å². The first kappa shape index (κ1) is 48.2. The van der Waals surface area contributed by atoms with Crippen molar-refractivity contribution < 1.29 is 110 Å². The van der Waals surface area contributed by atoms with Gasteiger partial charge in [0, 0.05) is 0 Å². The lowest BCUT2D eigenvalue weighted by atomic mass is 9.70. The first-order chi connectivity index (χ1) is 30.5. The van der Waals surface area contributed by atoms with Crippen molar-refractivity contribution in [2.75, 3.05) is 13.2 Å². The normalized spacial score (nSPS) is 34.4. The molecule has 15 N–H and O–H groups in total. The molecule has 6 rings (SSSR count). The third-order valence-electron chi connectivity index (χ3n) is 11.4. The van der Waals surface area contributed by atoms with Crippen molar-refractivity contribution in [3.05, 3.63) is 117 Å². The van der Waals surface area contributed by atoms with Crippen molar-refractivity contribution in [2.45, 2.75) is 72.2 Å². The molecule has 0 amide bonds. The number of aromatic hydroxyl groups is 2. The lowest BCUT2D eigenvalue weighted by molar-refractivity contribution is -0.265. The maximum atomic E-state index is 14.5. The van der Waals surface area contributed by atoms with Crippen LogP contribution < -0.4 is 0 Å². The van der Waals surface area contributed by atoms with Gasteiger partial charge in [-0.05, 0) is 53.6 Å². The Labute approximate surface area is 365 Å². The number of carbonyl (C=O) groups excluding carboxylic acids is 5. The molecule has 12 atom stereocenters. The number of rotatable bonds is 11. The molecule has 22 nitrogen and oxygen atoms in total. The fourth-order valence-corrected chi connectivity index (χ4v) is 7.68. The van der Waals surface area contributed by atoms with Gasteiger partial charge < -0.3 is 86.1 Å². The highest BCUT2D eigenvalue weighted by Crippen LogP contribution is 2.45. The van der Waals surface area contributed by atoms with Crippen LogP contribution in [0.15, 0.2) is 106 Å². The molecule has 2 aromatic rings. The number of phenolic OH excluding ortho intramolecular Hbond substituents is 2. The van der Waals surface area contributed by atoms with E-state index < -0.39 is 154 Å². The second-order valence-electron chi connectivity index (χ2n) is 15.4. The average Bonchev–Trinajstić information content (AvgIpc) is 3.28. The topological polar surface area (TPSA) is 407 Å². The van der Waals surface area contributed by atoms with E-state index in [1.165, 1.54) is 48.5 Å². The number of phenols is 2. The molecule has 0 aromatic heterocycles. The van der Waals surface area contributed by atoms with Gasteiger partial charge in [0.2, 0.25) is 28.6 Å². The summed E-state index contributed by atoms with van der Waals surface area (Å²) >= 11 is 0. The van der Waals surface area contributed by atoms with Gasteiger partial charge in [0.05, 0.1) is 24.4 Å². The Balaban J connectivity index is 1.59. The molecule has 2 aromatic carbocycles.